The van der Waals surface area contributed by atoms with E-state index in [-0.39, 0.29) is 17.0 Å². The molecule has 1 unspecified atom stereocenters. The number of nitrogens with one attached hydrogen (secondary N) is 2. The number of amides is 1. The Labute approximate surface area is 148 Å². The van der Waals surface area contributed by atoms with Gasteiger partial charge >= 0.3 is 6.18 Å². The van der Waals surface area contributed by atoms with Crippen LogP contribution in [0.2, 0.25) is 5.02 Å². The monoisotopic (exact) mass is 368 g/mol. The Morgan fingerprint density at radius 2 is 1.88 bits per heavy atom. The van der Waals surface area contributed by atoms with E-state index in [1.54, 1.807) is 24.3 Å². The van der Waals surface area contributed by atoms with Crippen molar-refractivity contribution in [3.63, 3.8) is 0 Å². The lowest BCUT2D eigenvalue weighted by Crippen LogP contribution is -2.35. The predicted octanol–water partition coefficient (Wildman–Crippen LogP) is 4.72. The Kier molecular flexibility index (Phi) is 5.01. The maximum absolute atomic E-state index is 12.9. The second-order valence-electron chi connectivity index (χ2n) is 5.91. The van der Waals surface area contributed by atoms with Gasteiger partial charge in [0, 0.05) is 16.3 Å². The molecule has 3 rings (SSSR count). The highest BCUT2D eigenvalue weighted by Crippen LogP contribution is 2.36. The SMILES string of the molecule is O=C(Nc1ccc(-c2cc(C(F)(F)F)ccc2Cl)cc1)C1CCCN1. The average molecular weight is 369 g/mol. The molecule has 0 saturated carbocycles. The van der Waals surface area contributed by atoms with E-state index in [2.05, 4.69) is 10.6 Å². The summed E-state index contributed by atoms with van der Waals surface area (Å²) in [5.41, 5.74) is 0.682. The lowest BCUT2D eigenvalue weighted by Gasteiger charge is -2.13. The molecule has 1 amide bonds. The second-order valence-corrected chi connectivity index (χ2v) is 6.32. The minimum atomic E-state index is -4.43. The molecule has 0 aromatic heterocycles. The fourth-order valence-electron chi connectivity index (χ4n) is 2.79. The number of halogens is 4. The standard InChI is InChI=1S/C18H16ClF3N2O/c19-15-8-5-12(18(20,21)22)10-14(15)11-3-6-13(7-4-11)24-17(25)16-2-1-9-23-16/h3-8,10,16,23H,1-2,9H2,(H,24,25). The smallest absolute Gasteiger partial charge is 0.325 e. The van der Waals surface area contributed by atoms with Gasteiger partial charge in [0.05, 0.1) is 11.6 Å². The van der Waals surface area contributed by atoms with Crippen LogP contribution in [0.1, 0.15) is 18.4 Å². The first-order valence-corrected chi connectivity index (χ1v) is 8.24. The van der Waals surface area contributed by atoms with Gasteiger partial charge in [0.2, 0.25) is 5.91 Å². The van der Waals surface area contributed by atoms with Gasteiger partial charge in [-0.3, -0.25) is 4.79 Å². The maximum atomic E-state index is 12.9. The zero-order valence-electron chi connectivity index (χ0n) is 13.2. The molecule has 1 atom stereocenters. The largest absolute Gasteiger partial charge is 0.416 e. The molecule has 1 saturated heterocycles. The van der Waals surface area contributed by atoms with Crippen LogP contribution in [0.3, 0.4) is 0 Å². The van der Waals surface area contributed by atoms with Gasteiger partial charge in [-0.2, -0.15) is 13.2 Å². The molecule has 1 aliphatic rings. The van der Waals surface area contributed by atoms with E-state index in [1.807, 2.05) is 0 Å². The van der Waals surface area contributed by atoms with Gasteiger partial charge in [-0.05, 0) is 55.3 Å². The van der Waals surface area contributed by atoms with E-state index in [0.717, 1.165) is 31.5 Å². The highest BCUT2D eigenvalue weighted by atomic mass is 35.5. The molecule has 0 bridgehead atoms. The first kappa shape index (κ1) is 17.8. The third-order valence-corrected chi connectivity index (χ3v) is 4.46. The number of carbonyl (C=O) groups is 1. The first-order valence-electron chi connectivity index (χ1n) is 7.86. The highest BCUT2D eigenvalue weighted by molar-refractivity contribution is 6.33. The fourth-order valence-corrected chi connectivity index (χ4v) is 3.02. The summed E-state index contributed by atoms with van der Waals surface area (Å²) in [6.45, 7) is 0.824. The summed E-state index contributed by atoms with van der Waals surface area (Å²) >= 11 is 6.05. The topological polar surface area (TPSA) is 41.1 Å². The Balaban J connectivity index is 1.79. The first-order chi connectivity index (χ1) is 11.8. The molecule has 0 radical (unpaired) electrons. The van der Waals surface area contributed by atoms with Crippen molar-refractivity contribution in [3.05, 3.63) is 53.1 Å². The molecule has 2 aromatic rings. The van der Waals surface area contributed by atoms with Crippen LogP contribution in [0.5, 0.6) is 0 Å². The summed E-state index contributed by atoms with van der Waals surface area (Å²) < 4.78 is 38.6. The quantitative estimate of drug-likeness (QED) is 0.823. The van der Waals surface area contributed by atoms with Crippen LogP contribution in [-0.2, 0) is 11.0 Å². The molecule has 1 fully saturated rings. The van der Waals surface area contributed by atoms with Crippen LogP contribution in [0.25, 0.3) is 11.1 Å². The summed E-state index contributed by atoms with van der Waals surface area (Å²) in [5, 5.41) is 6.14. The van der Waals surface area contributed by atoms with Crippen molar-refractivity contribution < 1.29 is 18.0 Å². The van der Waals surface area contributed by atoms with Gasteiger partial charge in [-0.1, -0.05) is 23.7 Å². The Bertz CT molecular complexity index is 769. The third kappa shape index (κ3) is 4.14. The molecular weight excluding hydrogens is 353 g/mol. The van der Waals surface area contributed by atoms with Gasteiger partial charge in [0.15, 0.2) is 0 Å². The van der Waals surface area contributed by atoms with E-state index in [0.29, 0.717) is 16.8 Å². The molecule has 132 valence electrons. The number of alkyl halides is 3. The minimum absolute atomic E-state index is 0.109. The Hall–Kier alpha value is -2.05. The molecule has 25 heavy (non-hydrogen) atoms. The average Bonchev–Trinajstić information content (AvgIpc) is 3.10. The Morgan fingerprint density at radius 1 is 1.16 bits per heavy atom. The summed E-state index contributed by atoms with van der Waals surface area (Å²) in [6, 6.07) is 9.60. The van der Waals surface area contributed by atoms with E-state index in [1.165, 1.54) is 6.07 Å². The summed E-state index contributed by atoms with van der Waals surface area (Å²) in [4.78, 5) is 12.1. The van der Waals surface area contributed by atoms with Gasteiger partial charge < -0.3 is 10.6 Å². The van der Waals surface area contributed by atoms with Crippen molar-refractivity contribution >= 4 is 23.2 Å². The highest BCUT2D eigenvalue weighted by Gasteiger charge is 2.31. The summed E-state index contributed by atoms with van der Waals surface area (Å²) in [6.07, 6.45) is -2.67. The van der Waals surface area contributed by atoms with Gasteiger partial charge in [0.1, 0.15) is 0 Å². The second kappa shape index (κ2) is 7.06. The van der Waals surface area contributed by atoms with Crippen LogP contribution >= 0.6 is 11.6 Å². The maximum Gasteiger partial charge on any atom is 0.416 e. The van der Waals surface area contributed by atoms with Crippen LogP contribution < -0.4 is 10.6 Å². The molecule has 0 aliphatic carbocycles. The van der Waals surface area contributed by atoms with Crippen molar-refractivity contribution in [2.45, 2.75) is 25.1 Å². The predicted molar refractivity (Wildman–Crippen MR) is 91.5 cm³/mol. The van der Waals surface area contributed by atoms with Crippen LogP contribution in [-0.4, -0.2) is 18.5 Å². The van der Waals surface area contributed by atoms with Crippen molar-refractivity contribution in [2.75, 3.05) is 11.9 Å². The third-order valence-electron chi connectivity index (χ3n) is 4.13. The van der Waals surface area contributed by atoms with E-state index >= 15 is 0 Å². The van der Waals surface area contributed by atoms with Gasteiger partial charge in [-0.15, -0.1) is 0 Å². The summed E-state index contributed by atoms with van der Waals surface area (Å²) in [5.74, 6) is -0.109. The number of hydrogen-bond acceptors (Lipinski definition) is 2. The number of rotatable bonds is 3. The van der Waals surface area contributed by atoms with E-state index in [4.69, 9.17) is 11.6 Å². The molecule has 1 heterocycles. The van der Waals surface area contributed by atoms with Gasteiger partial charge in [0.25, 0.3) is 0 Å². The van der Waals surface area contributed by atoms with Crippen LogP contribution in [0.4, 0.5) is 18.9 Å². The minimum Gasteiger partial charge on any atom is -0.325 e. The molecule has 0 spiro atoms. The van der Waals surface area contributed by atoms with Crippen molar-refractivity contribution in [1.29, 1.82) is 0 Å². The number of hydrogen-bond donors (Lipinski definition) is 2. The lowest BCUT2D eigenvalue weighted by atomic mass is 10.0. The molecule has 7 heteroatoms. The molecule has 2 N–H and O–H groups in total. The zero-order valence-corrected chi connectivity index (χ0v) is 13.9. The number of anilines is 1. The van der Waals surface area contributed by atoms with Crippen LogP contribution in [0.15, 0.2) is 42.5 Å². The zero-order chi connectivity index (χ0) is 18.0. The van der Waals surface area contributed by atoms with E-state index in [9.17, 15) is 18.0 Å². The Morgan fingerprint density at radius 3 is 2.48 bits per heavy atom. The number of benzene rings is 2. The molecule has 2 aromatic carbocycles. The van der Waals surface area contributed by atoms with Crippen molar-refractivity contribution in [3.8, 4) is 11.1 Å². The van der Waals surface area contributed by atoms with E-state index < -0.39 is 11.7 Å². The number of carbonyl (C=O) groups excluding carboxylic acids is 1. The molecular formula is C18H16ClF3N2O. The van der Waals surface area contributed by atoms with Crippen molar-refractivity contribution in [1.82, 2.24) is 5.32 Å². The lowest BCUT2D eigenvalue weighted by molar-refractivity contribution is -0.137. The van der Waals surface area contributed by atoms with Crippen molar-refractivity contribution in [2.24, 2.45) is 0 Å². The molecule has 1 aliphatic heterocycles. The summed E-state index contributed by atoms with van der Waals surface area (Å²) in [7, 11) is 0. The fraction of sp³-hybridized carbons (Fsp3) is 0.278. The van der Waals surface area contributed by atoms with Crippen LogP contribution in [0, 0.1) is 0 Å². The normalized spacial score (nSPS) is 17.5. The molecule has 3 nitrogen and oxygen atoms in total. The van der Waals surface area contributed by atoms with Gasteiger partial charge in [-0.25, -0.2) is 0 Å².